The van der Waals surface area contributed by atoms with Gasteiger partial charge in [-0.1, -0.05) is 25.7 Å². The van der Waals surface area contributed by atoms with Gasteiger partial charge in [-0.15, -0.1) is 0 Å². The van der Waals surface area contributed by atoms with E-state index in [0.29, 0.717) is 6.54 Å². The molecule has 1 aromatic heterocycles. The summed E-state index contributed by atoms with van der Waals surface area (Å²) in [4.78, 5) is 12.2. The zero-order chi connectivity index (χ0) is 13.1. The Bertz CT molecular complexity index is 415. The van der Waals surface area contributed by atoms with Crippen molar-refractivity contribution in [2.45, 2.75) is 51.5 Å². The highest BCUT2D eigenvalue weighted by Crippen LogP contribution is 2.42. The molecule has 0 aliphatic heterocycles. The molecular formula is C15H23N3O. The number of hydrogen-bond donors (Lipinski definition) is 2. The number of carbonyl (C=O) groups is 1. The molecule has 2 N–H and O–H groups in total. The van der Waals surface area contributed by atoms with Crippen molar-refractivity contribution in [1.82, 2.24) is 15.5 Å². The summed E-state index contributed by atoms with van der Waals surface area (Å²) >= 11 is 0. The van der Waals surface area contributed by atoms with Crippen LogP contribution in [0.25, 0.3) is 0 Å². The molecule has 2 aliphatic rings. The van der Waals surface area contributed by atoms with Gasteiger partial charge >= 0.3 is 0 Å². The van der Waals surface area contributed by atoms with Gasteiger partial charge in [-0.2, -0.15) is 5.10 Å². The lowest BCUT2D eigenvalue weighted by Gasteiger charge is -2.38. The largest absolute Gasteiger partial charge is 0.352 e. The van der Waals surface area contributed by atoms with Crippen molar-refractivity contribution in [1.29, 1.82) is 0 Å². The molecule has 1 heterocycles. The van der Waals surface area contributed by atoms with Crippen molar-refractivity contribution in [2.75, 3.05) is 0 Å². The van der Waals surface area contributed by atoms with Crippen molar-refractivity contribution in [3.05, 3.63) is 18.0 Å². The highest BCUT2D eigenvalue weighted by molar-refractivity contribution is 5.78. The zero-order valence-electron chi connectivity index (χ0n) is 11.4. The van der Waals surface area contributed by atoms with Gasteiger partial charge in [0.15, 0.2) is 0 Å². The summed E-state index contributed by atoms with van der Waals surface area (Å²) in [6, 6.07) is 0. The number of H-pyrrole nitrogens is 1. The molecule has 2 fully saturated rings. The Labute approximate surface area is 114 Å². The Morgan fingerprint density at radius 1 is 1.26 bits per heavy atom. The van der Waals surface area contributed by atoms with Crippen LogP contribution in [0.2, 0.25) is 0 Å². The Hall–Kier alpha value is -1.32. The van der Waals surface area contributed by atoms with E-state index in [1.165, 1.54) is 32.1 Å². The van der Waals surface area contributed by atoms with E-state index < -0.39 is 0 Å². The molecule has 3 atom stereocenters. The second-order valence-corrected chi connectivity index (χ2v) is 6.14. The van der Waals surface area contributed by atoms with Crippen molar-refractivity contribution >= 4 is 5.91 Å². The van der Waals surface area contributed by atoms with Gasteiger partial charge in [0, 0.05) is 24.2 Å². The van der Waals surface area contributed by atoms with Gasteiger partial charge in [0.25, 0.3) is 0 Å². The summed E-state index contributed by atoms with van der Waals surface area (Å²) < 4.78 is 0. The first kappa shape index (κ1) is 12.7. The van der Waals surface area contributed by atoms with Gasteiger partial charge in [0.05, 0.1) is 6.20 Å². The van der Waals surface area contributed by atoms with Gasteiger partial charge in [-0.05, 0) is 31.1 Å². The molecule has 0 radical (unpaired) electrons. The van der Waals surface area contributed by atoms with E-state index >= 15 is 0 Å². The second-order valence-electron chi connectivity index (χ2n) is 6.14. The summed E-state index contributed by atoms with van der Waals surface area (Å²) in [6.07, 6.45) is 12.6. The van der Waals surface area contributed by atoms with Crippen LogP contribution in [0.3, 0.4) is 0 Å². The fourth-order valence-corrected chi connectivity index (χ4v) is 3.82. The Balaban J connectivity index is 1.50. The Kier molecular flexibility index (Phi) is 3.85. The van der Waals surface area contributed by atoms with E-state index in [9.17, 15) is 4.79 Å². The molecule has 19 heavy (non-hydrogen) atoms. The molecule has 0 spiro atoms. The maximum atomic E-state index is 12.2. The minimum atomic E-state index is 0.241. The van der Waals surface area contributed by atoms with Gasteiger partial charge in [-0.25, -0.2) is 0 Å². The summed E-state index contributed by atoms with van der Waals surface area (Å²) in [5.41, 5.74) is 1.04. The predicted octanol–water partition coefficient (Wildman–Crippen LogP) is 2.63. The number of amides is 1. The van der Waals surface area contributed by atoms with Crippen LogP contribution in [0, 0.1) is 17.8 Å². The molecule has 3 unspecified atom stereocenters. The van der Waals surface area contributed by atoms with Crippen LogP contribution in [0.15, 0.2) is 12.4 Å². The molecule has 1 amide bonds. The lowest BCUT2D eigenvalue weighted by molar-refractivity contribution is -0.127. The van der Waals surface area contributed by atoms with Crippen LogP contribution < -0.4 is 5.32 Å². The van der Waals surface area contributed by atoms with E-state index in [1.54, 1.807) is 6.20 Å². The molecule has 0 saturated heterocycles. The molecule has 104 valence electrons. The number of aromatic amines is 1. The maximum absolute atomic E-state index is 12.2. The number of aromatic nitrogens is 2. The highest BCUT2D eigenvalue weighted by atomic mass is 16.1. The number of carbonyl (C=O) groups excluding carboxylic acids is 1. The summed E-state index contributed by atoms with van der Waals surface area (Å²) in [5, 5.41) is 9.71. The van der Waals surface area contributed by atoms with Crippen molar-refractivity contribution < 1.29 is 4.79 Å². The first-order chi connectivity index (χ1) is 9.33. The van der Waals surface area contributed by atoms with Crippen molar-refractivity contribution in [2.24, 2.45) is 17.8 Å². The lowest BCUT2D eigenvalue weighted by Crippen LogP contribution is -2.37. The number of rotatable bonds is 3. The van der Waals surface area contributed by atoms with Crippen LogP contribution in [-0.4, -0.2) is 16.1 Å². The smallest absolute Gasteiger partial charge is 0.223 e. The predicted molar refractivity (Wildman–Crippen MR) is 73.2 cm³/mol. The monoisotopic (exact) mass is 261 g/mol. The molecule has 1 aromatic rings. The fourth-order valence-electron chi connectivity index (χ4n) is 3.82. The lowest BCUT2D eigenvalue weighted by atomic mass is 9.67. The van der Waals surface area contributed by atoms with Crippen LogP contribution in [0.1, 0.15) is 50.5 Å². The number of fused-ring (bicyclic) bond motifs is 1. The summed E-state index contributed by atoms with van der Waals surface area (Å²) in [6.45, 7) is 0.597. The average Bonchev–Trinajstić information content (AvgIpc) is 2.97. The molecule has 4 nitrogen and oxygen atoms in total. The molecule has 4 heteroatoms. The number of hydrogen-bond acceptors (Lipinski definition) is 2. The van der Waals surface area contributed by atoms with E-state index in [1.807, 2.05) is 6.20 Å². The number of nitrogens with zero attached hydrogens (tertiary/aromatic N) is 1. The van der Waals surface area contributed by atoms with E-state index in [-0.39, 0.29) is 11.8 Å². The third kappa shape index (κ3) is 2.99. The van der Waals surface area contributed by atoms with Crippen LogP contribution in [-0.2, 0) is 11.3 Å². The molecule has 2 saturated carbocycles. The third-order valence-corrected chi connectivity index (χ3v) is 4.93. The molecule has 0 aromatic carbocycles. The molecule has 2 aliphatic carbocycles. The van der Waals surface area contributed by atoms with E-state index in [4.69, 9.17) is 0 Å². The Morgan fingerprint density at radius 2 is 2.11 bits per heavy atom. The minimum absolute atomic E-state index is 0.241. The molecule has 3 rings (SSSR count). The van der Waals surface area contributed by atoms with Crippen LogP contribution in [0.4, 0.5) is 0 Å². The molecule has 0 bridgehead atoms. The summed E-state index contributed by atoms with van der Waals surface area (Å²) in [5.74, 6) is 2.20. The quantitative estimate of drug-likeness (QED) is 0.878. The van der Waals surface area contributed by atoms with Crippen LogP contribution in [0.5, 0.6) is 0 Å². The Morgan fingerprint density at radius 3 is 2.89 bits per heavy atom. The third-order valence-electron chi connectivity index (χ3n) is 4.93. The maximum Gasteiger partial charge on any atom is 0.223 e. The van der Waals surface area contributed by atoms with E-state index in [0.717, 1.165) is 30.2 Å². The topological polar surface area (TPSA) is 57.8 Å². The molecular weight excluding hydrogens is 238 g/mol. The van der Waals surface area contributed by atoms with Crippen molar-refractivity contribution in [3.8, 4) is 0 Å². The second kappa shape index (κ2) is 5.76. The van der Waals surface area contributed by atoms with Gasteiger partial charge in [0.2, 0.25) is 5.91 Å². The standard InChI is InChI=1S/C15H23N3O/c19-15(16-8-11-9-17-18-10-11)14-6-5-12-3-1-2-4-13(12)7-14/h9-10,12-14H,1-8H2,(H,16,19)(H,17,18). The van der Waals surface area contributed by atoms with Gasteiger partial charge in [-0.3, -0.25) is 9.89 Å². The first-order valence-corrected chi connectivity index (χ1v) is 7.58. The zero-order valence-corrected chi connectivity index (χ0v) is 11.4. The number of nitrogens with one attached hydrogen (secondary N) is 2. The first-order valence-electron chi connectivity index (χ1n) is 7.58. The average molecular weight is 261 g/mol. The SMILES string of the molecule is O=C(NCc1cn[nH]c1)C1CCC2CCCCC2C1. The van der Waals surface area contributed by atoms with Crippen LogP contribution >= 0.6 is 0 Å². The highest BCUT2D eigenvalue weighted by Gasteiger charge is 2.34. The van der Waals surface area contributed by atoms with Gasteiger partial charge in [0.1, 0.15) is 0 Å². The van der Waals surface area contributed by atoms with E-state index in [2.05, 4.69) is 15.5 Å². The summed E-state index contributed by atoms with van der Waals surface area (Å²) in [7, 11) is 0. The van der Waals surface area contributed by atoms with Gasteiger partial charge < -0.3 is 5.32 Å². The minimum Gasteiger partial charge on any atom is -0.352 e. The fraction of sp³-hybridized carbons (Fsp3) is 0.733. The van der Waals surface area contributed by atoms with Crippen molar-refractivity contribution in [3.63, 3.8) is 0 Å². The normalized spacial score (nSPS) is 30.6.